The highest BCUT2D eigenvalue weighted by molar-refractivity contribution is 9.10. The first kappa shape index (κ1) is 15.0. The van der Waals surface area contributed by atoms with Crippen molar-refractivity contribution in [1.29, 1.82) is 0 Å². The van der Waals surface area contributed by atoms with Crippen molar-refractivity contribution in [2.75, 3.05) is 6.54 Å². The van der Waals surface area contributed by atoms with Crippen molar-refractivity contribution in [3.8, 4) is 0 Å². The summed E-state index contributed by atoms with van der Waals surface area (Å²) in [6, 6.07) is 1.88. The van der Waals surface area contributed by atoms with Gasteiger partial charge in [-0.3, -0.25) is 15.1 Å². The summed E-state index contributed by atoms with van der Waals surface area (Å²) < 4.78 is 0.704. The van der Waals surface area contributed by atoms with E-state index in [2.05, 4.69) is 40.1 Å². The quantitative estimate of drug-likeness (QED) is 0.620. The lowest BCUT2D eigenvalue weighted by atomic mass is 10.1. The van der Waals surface area contributed by atoms with Gasteiger partial charge in [0.1, 0.15) is 6.20 Å². The van der Waals surface area contributed by atoms with Crippen LogP contribution in [0.1, 0.15) is 32.4 Å². The van der Waals surface area contributed by atoms with Gasteiger partial charge in [-0.15, -0.1) is 0 Å². The van der Waals surface area contributed by atoms with E-state index in [4.69, 9.17) is 0 Å². The number of hydrogen-bond acceptors (Lipinski definition) is 4. The maximum absolute atomic E-state index is 10.6. The van der Waals surface area contributed by atoms with Crippen LogP contribution < -0.4 is 5.32 Å². The van der Waals surface area contributed by atoms with Gasteiger partial charge in [0.2, 0.25) is 0 Å². The minimum Gasteiger partial charge on any atom is -0.314 e. The second kappa shape index (κ2) is 7.43. The predicted molar refractivity (Wildman–Crippen MR) is 74.7 cm³/mol. The molecule has 0 radical (unpaired) electrons. The van der Waals surface area contributed by atoms with E-state index < -0.39 is 4.92 Å². The highest BCUT2D eigenvalue weighted by Gasteiger charge is 2.14. The van der Waals surface area contributed by atoms with Crippen LogP contribution in [-0.4, -0.2) is 22.5 Å². The maximum atomic E-state index is 10.6. The number of nitrogens with zero attached hydrogens (tertiary/aromatic N) is 2. The Labute approximate surface area is 115 Å². The molecule has 0 aromatic carbocycles. The Morgan fingerprint density at radius 2 is 2.28 bits per heavy atom. The molecule has 0 aliphatic heterocycles. The van der Waals surface area contributed by atoms with Gasteiger partial charge in [-0.1, -0.05) is 20.3 Å². The van der Waals surface area contributed by atoms with Crippen LogP contribution in [-0.2, 0) is 6.42 Å². The maximum Gasteiger partial charge on any atom is 0.288 e. The van der Waals surface area contributed by atoms with Crippen molar-refractivity contribution in [1.82, 2.24) is 10.3 Å². The standard InChI is InChI=1S/C12H18BrN3O2/c1-3-5-9(14-4-2)6-12-11(13)7-10(8-15-12)16(17)18/h7-9,14H,3-6H2,1-2H3. The number of halogens is 1. The van der Waals surface area contributed by atoms with E-state index >= 15 is 0 Å². The molecule has 0 bridgehead atoms. The zero-order valence-corrected chi connectivity index (χ0v) is 12.2. The van der Waals surface area contributed by atoms with Crippen LogP contribution in [0.3, 0.4) is 0 Å². The second-order valence-corrected chi connectivity index (χ2v) is 4.98. The molecule has 6 heteroatoms. The van der Waals surface area contributed by atoms with Crippen LogP contribution in [0.4, 0.5) is 5.69 Å². The molecule has 5 nitrogen and oxygen atoms in total. The molecule has 1 heterocycles. The normalized spacial score (nSPS) is 12.4. The summed E-state index contributed by atoms with van der Waals surface area (Å²) in [6.07, 6.45) is 4.26. The average molecular weight is 316 g/mol. The number of pyridine rings is 1. The van der Waals surface area contributed by atoms with Gasteiger partial charge in [-0.2, -0.15) is 0 Å². The molecule has 1 aromatic heterocycles. The monoisotopic (exact) mass is 315 g/mol. The molecule has 1 unspecified atom stereocenters. The molecule has 0 aliphatic carbocycles. The Kier molecular flexibility index (Phi) is 6.21. The fourth-order valence-corrected chi connectivity index (χ4v) is 2.35. The first-order chi connectivity index (χ1) is 8.58. The minimum absolute atomic E-state index is 0.0149. The van der Waals surface area contributed by atoms with E-state index in [1.165, 1.54) is 12.3 Å². The fraction of sp³-hybridized carbons (Fsp3) is 0.583. The summed E-state index contributed by atoms with van der Waals surface area (Å²) in [6.45, 7) is 5.12. The van der Waals surface area contributed by atoms with Crippen LogP contribution in [0.2, 0.25) is 0 Å². The number of aromatic nitrogens is 1. The van der Waals surface area contributed by atoms with Gasteiger partial charge in [0.25, 0.3) is 5.69 Å². The SMILES string of the molecule is CCCC(Cc1ncc([N+](=O)[O-])cc1Br)NCC. The summed E-state index contributed by atoms with van der Waals surface area (Å²) in [7, 11) is 0. The Morgan fingerprint density at radius 3 is 2.78 bits per heavy atom. The Balaban J connectivity index is 2.79. The summed E-state index contributed by atoms with van der Waals surface area (Å²) in [5.74, 6) is 0. The van der Waals surface area contributed by atoms with Crippen molar-refractivity contribution < 1.29 is 4.92 Å². The Morgan fingerprint density at radius 1 is 1.56 bits per heavy atom. The highest BCUT2D eigenvalue weighted by Crippen LogP contribution is 2.22. The summed E-state index contributed by atoms with van der Waals surface area (Å²) in [4.78, 5) is 14.4. The van der Waals surface area contributed by atoms with Crippen molar-refractivity contribution in [3.63, 3.8) is 0 Å². The third-order valence-corrected chi connectivity index (χ3v) is 3.37. The van der Waals surface area contributed by atoms with Gasteiger partial charge in [0.15, 0.2) is 0 Å². The van der Waals surface area contributed by atoms with E-state index in [9.17, 15) is 10.1 Å². The van der Waals surface area contributed by atoms with Crippen LogP contribution in [0.5, 0.6) is 0 Å². The van der Waals surface area contributed by atoms with Gasteiger partial charge in [0.05, 0.1) is 10.6 Å². The van der Waals surface area contributed by atoms with E-state index in [1.54, 1.807) is 0 Å². The molecule has 1 rings (SSSR count). The molecule has 1 atom stereocenters. The highest BCUT2D eigenvalue weighted by atomic mass is 79.9. The first-order valence-corrected chi connectivity index (χ1v) is 6.90. The smallest absolute Gasteiger partial charge is 0.288 e. The Bertz CT molecular complexity index is 406. The molecular weight excluding hydrogens is 298 g/mol. The van der Waals surface area contributed by atoms with Crippen molar-refractivity contribution in [3.05, 3.63) is 32.5 Å². The lowest BCUT2D eigenvalue weighted by molar-refractivity contribution is -0.385. The van der Waals surface area contributed by atoms with Gasteiger partial charge in [-0.25, -0.2) is 0 Å². The van der Waals surface area contributed by atoms with Gasteiger partial charge < -0.3 is 5.32 Å². The number of rotatable bonds is 7. The van der Waals surface area contributed by atoms with E-state index in [0.29, 0.717) is 10.5 Å². The second-order valence-electron chi connectivity index (χ2n) is 4.13. The van der Waals surface area contributed by atoms with E-state index in [1.807, 2.05) is 0 Å². The lowest BCUT2D eigenvalue weighted by Crippen LogP contribution is -2.31. The molecule has 0 spiro atoms. The molecule has 0 fully saturated rings. The molecule has 100 valence electrons. The molecule has 0 amide bonds. The predicted octanol–water partition coefficient (Wildman–Crippen LogP) is 3.07. The van der Waals surface area contributed by atoms with Crippen LogP contribution in [0, 0.1) is 10.1 Å². The zero-order valence-electron chi connectivity index (χ0n) is 10.6. The third-order valence-electron chi connectivity index (χ3n) is 2.68. The number of hydrogen-bond donors (Lipinski definition) is 1. The number of nitro groups is 1. The summed E-state index contributed by atoms with van der Waals surface area (Å²) in [5, 5.41) is 14.0. The number of nitrogens with one attached hydrogen (secondary N) is 1. The van der Waals surface area contributed by atoms with E-state index in [0.717, 1.165) is 31.5 Å². The van der Waals surface area contributed by atoms with Gasteiger partial charge in [0, 0.05) is 23.0 Å². The molecule has 1 N–H and O–H groups in total. The van der Waals surface area contributed by atoms with E-state index in [-0.39, 0.29) is 5.69 Å². The van der Waals surface area contributed by atoms with Gasteiger partial charge >= 0.3 is 0 Å². The molecule has 0 saturated carbocycles. The molecular formula is C12H18BrN3O2. The topological polar surface area (TPSA) is 68.1 Å². The van der Waals surface area contributed by atoms with Crippen LogP contribution in [0.25, 0.3) is 0 Å². The lowest BCUT2D eigenvalue weighted by Gasteiger charge is -2.17. The zero-order chi connectivity index (χ0) is 13.5. The first-order valence-electron chi connectivity index (χ1n) is 6.10. The van der Waals surface area contributed by atoms with Crippen molar-refractivity contribution in [2.45, 2.75) is 39.2 Å². The van der Waals surface area contributed by atoms with Crippen LogP contribution in [0.15, 0.2) is 16.7 Å². The van der Waals surface area contributed by atoms with Crippen molar-refractivity contribution in [2.24, 2.45) is 0 Å². The third kappa shape index (κ3) is 4.34. The number of likely N-dealkylation sites (N-methyl/N-ethyl adjacent to an activating group) is 1. The largest absolute Gasteiger partial charge is 0.314 e. The summed E-state index contributed by atoms with van der Waals surface area (Å²) >= 11 is 3.35. The van der Waals surface area contributed by atoms with Crippen molar-refractivity contribution >= 4 is 21.6 Å². The minimum atomic E-state index is -0.435. The average Bonchev–Trinajstić information content (AvgIpc) is 2.32. The fourth-order valence-electron chi connectivity index (χ4n) is 1.85. The Hall–Kier alpha value is -1.01. The summed E-state index contributed by atoms with van der Waals surface area (Å²) in [5.41, 5.74) is 0.876. The van der Waals surface area contributed by atoms with Crippen LogP contribution >= 0.6 is 15.9 Å². The van der Waals surface area contributed by atoms with Gasteiger partial charge in [-0.05, 0) is 28.9 Å². The molecule has 18 heavy (non-hydrogen) atoms. The molecule has 0 saturated heterocycles. The molecule has 1 aromatic rings. The molecule has 0 aliphatic rings.